The molecule has 6 nitrogen and oxygen atoms in total. The summed E-state index contributed by atoms with van der Waals surface area (Å²) in [6.45, 7) is 6.80. The third-order valence-electron chi connectivity index (χ3n) is 2.55. The molecule has 1 atom stereocenters. The van der Waals surface area contributed by atoms with Gasteiger partial charge in [-0.05, 0) is 45.4 Å². The maximum Gasteiger partial charge on any atom is 0.408 e. The van der Waals surface area contributed by atoms with E-state index in [1.807, 2.05) is 6.07 Å². The van der Waals surface area contributed by atoms with Gasteiger partial charge in [-0.2, -0.15) is 5.26 Å². The summed E-state index contributed by atoms with van der Waals surface area (Å²) >= 11 is 0. The summed E-state index contributed by atoms with van der Waals surface area (Å²) in [6.07, 6.45) is -0.671. The Kier molecular flexibility index (Phi) is 5.93. The summed E-state index contributed by atoms with van der Waals surface area (Å²) in [5, 5.41) is 11.1. The van der Waals surface area contributed by atoms with Gasteiger partial charge in [-0.15, -0.1) is 0 Å². The third-order valence-corrected chi connectivity index (χ3v) is 2.55. The molecule has 0 radical (unpaired) electrons. The fourth-order valence-electron chi connectivity index (χ4n) is 1.50. The molecule has 0 saturated carbocycles. The van der Waals surface area contributed by atoms with Crippen LogP contribution in [0.1, 0.15) is 38.8 Å². The predicted molar refractivity (Wildman–Crippen MR) is 79.8 cm³/mol. The Bertz CT molecular complexity index is 567. The lowest BCUT2D eigenvalue weighted by molar-refractivity contribution is -0.147. The number of rotatable bonds is 4. The lowest BCUT2D eigenvalue weighted by Gasteiger charge is -2.21. The van der Waals surface area contributed by atoms with E-state index < -0.39 is 23.7 Å². The van der Waals surface area contributed by atoms with Crippen LogP contribution in [-0.2, 0) is 20.9 Å². The number of ether oxygens (including phenoxy) is 2. The van der Waals surface area contributed by atoms with Gasteiger partial charge < -0.3 is 14.8 Å². The first-order chi connectivity index (χ1) is 10.2. The molecule has 1 amide bonds. The van der Waals surface area contributed by atoms with Crippen LogP contribution in [0.5, 0.6) is 0 Å². The highest BCUT2D eigenvalue weighted by Gasteiger charge is 2.21. The van der Waals surface area contributed by atoms with Gasteiger partial charge >= 0.3 is 12.1 Å². The van der Waals surface area contributed by atoms with Gasteiger partial charge in [0.05, 0.1) is 11.6 Å². The Hall–Kier alpha value is -2.55. The number of nitriles is 1. The molecule has 0 heterocycles. The molecule has 0 aliphatic carbocycles. The number of hydrogen-bond donors (Lipinski definition) is 1. The number of alkyl carbamates (subject to hydrolysis) is 1. The molecule has 1 aromatic carbocycles. The number of hydrogen-bond acceptors (Lipinski definition) is 5. The maximum absolute atomic E-state index is 11.8. The van der Waals surface area contributed by atoms with Crippen molar-refractivity contribution in [2.75, 3.05) is 0 Å². The molecular weight excluding hydrogens is 284 g/mol. The van der Waals surface area contributed by atoms with Crippen LogP contribution >= 0.6 is 0 Å². The fourth-order valence-corrected chi connectivity index (χ4v) is 1.50. The molecule has 0 bridgehead atoms. The highest BCUT2D eigenvalue weighted by Crippen LogP contribution is 2.08. The van der Waals surface area contributed by atoms with Gasteiger partial charge in [-0.3, -0.25) is 0 Å². The van der Waals surface area contributed by atoms with Gasteiger partial charge in [-0.25, -0.2) is 9.59 Å². The van der Waals surface area contributed by atoms with Crippen LogP contribution in [0.4, 0.5) is 4.79 Å². The molecule has 1 N–H and O–H groups in total. The van der Waals surface area contributed by atoms with Crippen LogP contribution in [-0.4, -0.2) is 23.7 Å². The quantitative estimate of drug-likeness (QED) is 0.863. The number of esters is 1. The molecule has 0 fully saturated rings. The summed E-state index contributed by atoms with van der Waals surface area (Å²) in [4.78, 5) is 23.3. The van der Waals surface area contributed by atoms with E-state index >= 15 is 0 Å². The van der Waals surface area contributed by atoms with Crippen LogP contribution in [0.25, 0.3) is 0 Å². The Morgan fingerprint density at radius 3 is 2.36 bits per heavy atom. The molecule has 6 heteroatoms. The minimum Gasteiger partial charge on any atom is -0.459 e. The molecule has 118 valence electrons. The van der Waals surface area contributed by atoms with Crippen molar-refractivity contribution in [1.82, 2.24) is 5.32 Å². The minimum absolute atomic E-state index is 0.0743. The smallest absolute Gasteiger partial charge is 0.408 e. The van der Waals surface area contributed by atoms with Crippen LogP contribution in [0.2, 0.25) is 0 Å². The van der Waals surface area contributed by atoms with Crippen molar-refractivity contribution in [3.63, 3.8) is 0 Å². The molecule has 1 rings (SSSR count). The van der Waals surface area contributed by atoms with Crippen molar-refractivity contribution in [1.29, 1.82) is 5.26 Å². The summed E-state index contributed by atoms with van der Waals surface area (Å²) in [6, 6.07) is 7.90. The van der Waals surface area contributed by atoms with E-state index in [0.29, 0.717) is 5.56 Å². The number of carbonyl (C=O) groups excluding carboxylic acids is 2. The van der Waals surface area contributed by atoms with Gasteiger partial charge in [0.15, 0.2) is 0 Å². The maximum atomic E-state index is 11.8. The lowest BCUT2D eigenvalue weighted by atomic mass is 10.2. The average molecular weight is 304 g/mol. The van der Waals surface area contributed by atoms with Crippen molar-refractivity contribution in [3.05, 3.63) is 35.4 Å². The second-order valence-electron chi connectivity index (χ2n) is 5.78. The molecule has 0 aliphatic rings. The van der Waals surface area contributed by atoms with E-state index in [4.69, 9.17) is 14.7 Å². The van der Waals surface area contributed by atoms with Gasteiger partial charge in [0.1, 0.15) is 18.2 Å². The van der Waals surface area contributed by atoms with E-state index in [1.165, 1.54) is 6.92 Å². The first-order valence-electron chi connectivity index (χ1n) is 6.86. The monoisotopic (exact) mass is 304 g/mol. The number of nitrogens with zero attached hydrogens (tertiary/aromatic N) is 1. The molecule has 0 aromatic heterocycles. The highest BCUT2D eigenvalue weighted by atomic mass is 16.6. The van der Waals surface area contributed by atoms with Gasteiger partial charge in [0, 0.05) is 0 Å². The number of benzene rings is 1. The van der Waals surface area contributed by atoms with Gasteiger partial charge in [0.25, 0.3) is 0 Å². The molecular formula is C16H20N2O4. The van der Waals surface area contributed by atoms with Crippen LogP contribution < -0.4 is 5.32 Å². The Balaban J connectivity index is 2.44. The number of carbonyl (C=O) groups is 2. The van der Waals surface area contributed by atoms with Gasteiger partial charge in [-0.1, -0.05) is 12.1 Å². The Morgan fingerprint density at radius 1 is 1.27 bits per heavy atom. The molecule has 0 saturated heterocycles. The largest absolute Gasteiger partial charge is 0.459 e. The lowest BCUT2D eigenvalue weighted by Crippen LogP contribution is -2.42. The molecule has 1 unspecified atom stereocenters. The second kappa shape index (κ2) is 7.46. The van der Waals surface area contributed by atoms with Crippen LogP contribution in [0.3, 0.4) is 0 Å². The zero-order valence-electron chi connectivity index (χ0n) is 13.2. The molecule has 22 heavy (non-hydrogen) atoms. The molecule has 1 aromatic rings. The number of nitrogens with one attached hydrogen (secondary N) is 1. The zero-order chi connectivity index (χ0) is 16.8. The summed E-state index contributed by atoms with van der Waals surface area (Å²) in [5.41, 5.74) is 0.669. The van der Waals surface area contributed by atoms with Crippen LogP contribution in [0, 0.1) is 11.3 Å². The fraction of sp³-hybridized carbons (Fsp3) is 0.438. The van der Waals surface area contributed by atoms with E-state index in [0.717, 1.165) is 5.56 Å². The van der Waals surface area contributed by atoms with E-state index in [9.17, 15) is 9.59 Å². The van der Waals surface area contributed by atoms with Crippen LogP contribution in [0.15, 0.2) is 24.3 Å². The highest BCUT2D eigenvalue weighted by molar-refractivity contribution is 5.81. The summed E-state index contributed by atoms with van der Waals surface area (Å²) in [5.74, 6) is -0.560. The second-order valence-corrected chi connectivity index (χ2v) is 5.78. The zero-order valence-corrected chi connectivity index (χ0v) is 13.2. The van der Waals surface area contributed by atoms with Crippen molar-refractivity contribution in [3.8, 4) is 6.07 Å². The van der Waals surface area contributed by atoms with Crippen molar-refractivity contribution in [2.24, 2.45) is 0 Å². The summed E-state index contributed by atoms with van der Waals surface area (Å²) < 4.78 is 10.2. The first kappa shape index (κ1) is 17.5. The summed E-state index contributed by atoms with van der Waals surface area (Å²) in [7, 11) is 0. The standard InChI is InChI=1S/C16H20N2O4/c1-11(18-15(20)22-16(2,3)4)14(19)21-10-13-7-5-12(9-17)6-8-13/h5-8,11H,10H2,1-4H3,(H,18,20). The predicted octanol–water partition coefficient (Wildman–Crippen LogP) is 2.51. The van der Waals surface area contributed by atoms with E-state index in [1.54, 1.807) is 45.0 Å². The SMILES string of the molecule is CC(NC(=O)OC(C)(C)C)C(=O)OCc1ccc(C#N)cc1. The third kappa shape index (κ3) is 6.27. The Labute approximate surface area is 130 Å². The molecule has 0 aliphatic heterocycles. The first-order valence-corrected chi connectivity index (χ1v) is 6.86. The van der Waals surface area contributed by atoms with Gasteiger partial charge in [0.2, 0.25) is 0 Å². The minimum atomic E-state index is -0.812. The van der Waals surface area contributed by atoms with Crippen molar-refractivity contribution >= 4 is 12.1 Å². The topological polar surface area (TPSA) is 88.4 Å². The number of amides is 1. The van der Waals surface area contributed by atoms with Crippen molar-refractivity contribution in [2.45, 2.75) is 45.9 Å². The van der Waals surface area contributed by atoms with E-state index in [2.05, 4.69) is 5.32 Å². The average Bonchev–Trinajstić information content (AvgIpc) is 2.43. The Morgan fingerprint density at radius 2 is 1.86 bits per heavy atom. The van der Waals surface area contributed by atoms with Crippen molar-refractivity contribution < 1.29 is 19.1 Å². The van der Waals surface area contributed by atoms with E-state index in [-0.39, 0.29) is 6.61 Å². The normalized spacial score (nSPS) is 12.0. The molecule has 0 spiro atoms.